The van der Waals surface area contributed by atoms with Crippen molar-refractivity contribution >= 4 is 11.3 Å². The van der Waals surface area contributed by atoms with E-state index in [1.165, 1.54) is 6.33 Å². The van der Waals surface area contributed by atoms with E-state index in [4.69, 9.17) is 10.5 Å². The summed E-state index contributed by atoms with van der Waals surface area (Å²) < 4.78 is 6.58. The molecule has 0 amide bonds. The summed E-state index contributed by atoms with van der Waals surface area (Å²) in [5.74, 6) is 0.672. The van der Waals surface area contributed by atoms with E-state index in [0.29, 0.717) is 17.1 Å². The van der Waals surface area contributed by atoms with Crippen LogP contribution in [0.25, 0.3) is 5.65 Å². The highest BCUT2D eigenvalue weighted by Gasteiger charge is 2.02. The zero-order valence-corrected chi connectivity index (χ0v) is 6.56. The van der Waals surface area contributed by atoms with E-state index >= 15 is 0 Å². The SMILES string of the molecule is COc1cc(N)c2ncnn2c1. The standard InChI is InChI=1S/C7H8N4O/c1-12-5-2-6(8)7-9-4-10-11(7)3-5/h2-4H,8H2,1H3. The second-order valence-corrected chi connectivity index (χ2v) is 2.36. The Bertz CT molecular complexity index is 409. The molecule has 2 heterocycles. The third-order valence-corrected chi connectivity index (χ3v) is 1.61. The van der Waals surface area contributed by atoms with Gasteiger partial charge in [-0.2, -0.15) is 5.10 Å². The van der Waals surface area contributed by atoms with E-state index in [-0.39, 0.29) is 0 Å². The van der Waals surface area contributed by atoms with E-state index in [1.54, 1.807) is 23.9 Å². The zero-order chi connectivity index (χ0) is 8.55. The predicted molar refractivity (Wildman–Crippen MR) is 44.0 cm³/mol. The van der Waals surface area contributed by atoms with Crippen molar-refractivity contribution in [1.82, 2.24) is 14.6 Å². The van der Waals surface area contributed by atoms with E-state index in [0.717, 1.165) is 0 Å². The van der Waals surface area contributed by atoms with Crippen LogP contribution in [0.5, 0.6) is 5.75 Å². The molecule has 2 N–H and O–H groups in total. The van der Waals surface area contributed by atoms with Crippen LogP contribution in [0.3, 0.4) is 0 Å². The summed E-state index contributed by atoms with van der Waals surface area (Å²) in [6.45, 7) is 0. The Labute approximate surface area is 68.8 Å². The number of pyridine rings is 1. The maximum absolute atomic E-state index is 5.67. The second kappa shape index (κ2) is 2.37. The lowest BCUT2D eigenvalue weighted by Crippen LogP contribution is -1.95. The van der Waals surface area contributed by atoms with Gasteiger partial charge in [0.2, 0.25) is 0 Å². The maximum Gasteiger partial charge on any atom is 0.178 e. The number of fused-ring (bicyclic) bond motifs is 1. The van der Waals surface area contributed by atoms with Gasteiger partial charge in [-0.05, 0) is 0 Å². The molecule has 0 unspecified atom stereocenters. The number of nitrogens with two attached hydrogens (primary N) is 1. The molecule has 0 aromatic carbocycles. The fourth-order valence-electron chi connectivity index (χ4n) is 1.04. The molecule has 0 bridgehead atoms. The highest BCUT2D eigenvalue weighted by Crippen LogP contribution is 2.17. The van der Waals surface area contributed by atoms with Crippen molar-refractivity contribution in [1.29, 1.82) is 0 Å². The van der Waals surface area contributed by atoms with E-state index < -0.39 is 0 Å². The molecule has 5 nitrogen and oxygen atoms in total. The van der Waals surface area contributed by atoms with Crippen molar-refractivity contribution in [2.75, 3.05) is 12.8 Å². The third kappa shape index (κ3) is 0.868. The first-order chi connectivity index (χ1) is 5.81. The fourth-order valence-corrected chi connectivity index (χ4v) is 1.04. The van der Waals surface area contributed by atoms with Gasteiger partial charge in [0.15, 0.2) is 5.65 Å². The predicted octanol–water partition coefficient (Wildman–Crippen LogP) is 0.320. The minimum Gasteiger partial charge on any atom is -0.495 e. The number of rotatable bonds is 1. The molecule has 0 aliphatic heterocycles. The number of nitrogens with zero attached hydrogens (tertiary/aromatic N) is 3. The number of methoxy groups -OCH3 is 1. The number of anilines is 1. The highest BCUT2D eigenvalue weighted by molar-refractivity contribution is 5.65. The lowest BCUT2D eigenvalue weighted by atomic mass is 10.4. The largest absolute Gasteiger partial charge is 0.495 e. The zero-order valence-electron chi connectivity index (χ0n) is 6.56. The topological polar surface area (TPSA) is 65.4 Å². The summed E-state index contributed by atoms with van der Waals surface area (Å²) >= 11 is 0. The summed E-state index contributed by atoms with van der Waals surface area (Å²) in [4.78, 5) is 3.96. The van der Waals surface area contributed by atoms with Gasteiger partial charge < -0.3 is 10.5 Å². The van der Waals surface area contributed by atoms with Gasteiger partial charge in [-0.25, -0.2) is 9.50 Å². The molecule has 0 fully saturated rings. The second-order valence-electron chi connectivity index (χ2n) is 2.36. The quantitative estimate of drug-likeness (QED) is 0.659. The van der Waals surface area contributed by atoms with Crippen molar-refractivity contribution in [2.24, 2.45) is 0 Å². The Hall–Kier alpha value is -1.78. The van der Waals surface area contributed by atoms with Crippen LogP contribution in [-0.4, -0.2) is 21.7 Å². The van der Waals surface area contributed by atoms with Crippen molar-refractivity contribution in [3.63, 3.8) is 0 Å². The summed E-state index contributed by atoms with van der Waals surface area (Å²) in [5.41, 5.74) is 6.88. The molecule has 0 spiro atoms. The molecule has 0 aliphatic carbocycles. The van der Waals surface area contributed by atoms with Crippen molar-refractivity contribution in [2.45, 2.75) is 0 Å². The average Bonchev–Trinajstić information content (AvgIpc) is 2.52. The third-order valence-electron chi connectivity index (χ3n) is 1.61. The summed E-state index contributed by atoms with van der Waals surface area (Å²) in [6.07, 6.45) is 3.17. The molecule has 2 aromatic rings. The van der Waals surface area contributed by atoms with Crippen LogP contribution in [0.15, 0.2) is 18.6 Å². The average molecular weight is 164 g/mol. The number of nitrogen functional groups attached to an aromatic ring is 1. The molecular formula is C7H8N4O. The summed E-state index contributed by atoms with van der Waals surface area (Å²) in [5, 5.41) is 3.93. The first kappa shape index (κ1) is 6.90. The van der Waals surface area contributed by atoms with Crippen LogP contribution >= 0.6 is 0 Å². The summed E-state index contributed by atoms with van der Waals surface area (Å²) in [7, 11) is 1.58. The molecule has 0 aliphatic rings. The minimum atomic E-state index is 0.562. The lowest BCUT2D eigenvalue weighted by molar-refractivity contribution is 0.412. The maximum atomic E-state index is 5.67. The number of hydrogen-bond donors (Lipinski definition) is 1. The van der Waals surface area contributed by atoms with Gasteiger partial charge in [0.1, 0.15) is 12.1 Å². The van der Waals surface area contributed by atoms with Crippen LogP contribution in [0.1, 0.15) is 0 Å². The first-order valence-corrected chi connectivity index (χ1v) is 3.44. The fraction of sp³-hybridized carbons (Fsp3) is 0.143. The molecule has 0 radical (unpaired) electrons. The van der Waals surface area contributed by atoms with Crippen molar-refractivity contribution in [3.05, 3.63) is 18.6 Å². The van der Waals surface area contributed by atoms with Crippen LogP contribution in [0, 0.1) is 0 Å². The van der Waals surface area contributed by atoms with Crippen LogP contribution in [-0.2, 0) is 0 Å². The molecule has 0 atom stereocenters. The van der Waals surface area contributed by atoms with Crippen LogP contribution in [0.4, 0.5) is 5.69 Å². The number of aromatic nitrogens is 3. The Kier molecular flexibility index (Phi) is 1.36. The van der Waals surface area contributed by atoms with Crippen molar-refractivity contribution < 1.29 is 4.74 Å². The number of ether oxygens (including phenoxy) is 1. The molecule has 0 saturated heterocycles. The smallest absolute Gasteiger partial charge is 0.178 e. The van der Waals surface area contributed by atoms with Gasteiger partial charge >= 0.3 is 0 Å². The summed E-state index contributed by atoms with van der Waals surface area (Å²) in [6, 6.07) is 1.71. The Morgan fingerprint density at radius 1 is 1.58 bits per heavy atom. The van der Waals surface area contributed by atoms with E-state index in [9.17, 15) is 0 Å². The molecule has 2 rings (SSSR count). The molecule has 0 saturated carbocycles. The normalized spacial score (nSPS) is 10.4. The molecule has 5 heteroatoms. The van der Waals surface area contributed by atoms with E-state index in [1.807, 2.05) is 0 Å². The Morgan fingerprint density at radius 2 is 2.42 bits per heavy atom. The monoisotopic (exact) mass is 164 g/mol. The molecule has 62 valence electrons. The molecular weight excluding hydrogens is 156 g/mol. The minimum absolute atomic E-state index is 0.562. The van der Waals surface area contributed by atoms with Gasteiger partial charge in [0.05, 0.1) is 19.0 Å². The first-order valence-electron chi connectivity index (χ1n) is 3.44. The van der Waals surface area contributed by atoms with Gasteiger partial charge in [0, 0.05) is 6.07 Å². The number of hydrogen-bond acceptors (Lipinski definition) is 4. The van der Waals surface area contributed by atoms with Gasteiger partial charge in [-0.3, -0.25) is 0 Å². The Balaban J connectivity index is 2.75. The van der Waals surface area contributed by atoms with Gasteiger partial charge in [-0.15, -0.1) is 0 Å². The van der Waals surface area contributed by atoms with Gasteiger partial charge in [0.25, 0.3) is 0 Å². The Morgan fingerprint density at radius 3 is 3.17 bits per heavy atom. The van der Waals surface area contributed by atoms with Gasteiger partial charge in [-0.1, -0.05) is 0 Å². The molecule has 12 heavy (non-hydrogen) atoms. The highest BCUT2D eigenvalue weighted by atomic mass is 16.5. The molecule has 2 aromatic heterocycles. The van der Waals surface area contributed by atoms with Crippen molar-refractivity contribution in [3.8, 4) is 5.75 Å². The van der Waals surface area contributed by atoms with Crippen LogP contribution < -0.4 is 10.5 Å². The van der Waals surface area contributed by atoms with Crippen LogP contribution in [0.2, 0.25) is 0 Å². The van der Waals surface area contributed by atoms with E-state index in [2.05, 4.69) is 10.1 Å². The lowest BCUT2D eigenvalue weighted by Gasteiger charge is -2.01.